The maximum atomic E-state index is 11.6. The number of aromatic amines is 1. The second-order valence-corrected chi connectivity index (χ2v) is 3.51. The van der Waals surface area contributed by atoms with Crippen molar-refractivity contribution in [3.63, 3.8) is 0 Å². The molecular formula is C12H13NO. The van der Waals surface area contributed by atoms with Crippen molar-refractivity contribution >= 4 is 10.9 Å². The van der Waals surface area contributed by atoms with Gasteiger partial charge in [-0.15, -0.1) is 0 Å². The minimum absolute atomic E-state index is 0.103. The van der Waals surface area contributed by atoms with Gasteiger partial charge in [0.15, 0.2) is 5.43 Å². The number of hydrogen-bond acceptors (Lipinski definition) is 1. The molecule has 2 rings (SSSR count). The number of pyridine rings is 1. The number of aromatic nitrogens is 1. The molecule has 0 saturated carbocycles. The van der Waals surface area contributed by atoms with E-state index >= 15 is 0 Å². The molecule has 0 fully saturated rings. The lowest BCUT2D eigenvalue weighted by molar-refractivity contribution is 1.13. The second kappa shape index (κ2) is 3.29. The van der Waals surface area contributed by atoms with E-state index in [-0.39, 0.29) is 5.43 Å². The van der Waals surface area contributed by atoms with Crippen LogP contribution in [0, 0.1) is 6.92 Å². The molecule has 0 spiro atoms. The van der Waals surface area contributed by atoms with Gasteiger partial charge in [-0.05, 0) is 25.0 Å². The molecule has 1 N–H and O–H groups in total. The second-order valence-electron chi connectivity index (χ2n) is 3.51. The van der Waals surface area contributed by atoms with E-state index in [0.717, 1.165) is 23.0 Å². The van der Waals surface area contributed by atoms with Crippen molar-refractivity contribution in [2.45, 2.75) is 20.3 Å². The normalized spacial score (nSPS) is 10.7. The maximum absolute atomic E-state index is 11.6. The van der Waals surface area contributed by atoms with E-state index in [2.05, 4.69) is 18.0 Å². The Morgan fingerprint density at radius 1 is 1.36 bits per heavy atom. The van der Waals surface area contributed by atoms with E-state index in [1.165, 1.54) is 5.56 Å². The highest BCUT2D eigenvalue weighted by molar-refractivity contribution is 5.81. The molecule has 0 radical (unpaired) electrons. The molecule has 0 aliphatic rings. The predicted octanol–water partition coefficient (Wildman–Crippen LogP) is 2.40. The van der Waals surface area contributed by atoms with E-state index in [4.69, 9.17) is 0 Å². The van der Waals surface area contributed by atoms with Crippen LogP contribution in [0.4, 0.5) is 0 Å². The van der Waals surface area contributed by atoms with Crippen molar-refractivity contribution in [3.05, 3.63) is 45.7 Å². The third kappa shape index (κ3) is 1.33. The van der Waals surface area contributed by atoms with Gasteiger partial charge in [-0.3, -0.25) is 4.79 Å². The fourth-order valence-corrected chi connectivity index (χ4v) is 1.76. The molecule has 0 saturated heterocycles. The summed E-state index contributed by atoms with van der Waals surface area (Å²) in [7, 11) is 0. The van der Waals surface area contributed by atoms with Gasteiger partial charge in [-0.2, -0.15) is 0 Å². The molecule has 0 unspecified atom stereocenters. The van der Waals surface area contributed by atoms with Crippen molar-refractivity contribution in [1.29, 1.82) is 0 Å². The van der Waals surface area contributed by atoms with Crippen LogP contribution in [0.25, 0.3) is 10.9 Å². The summed E-state index contributed by atoms with van der Waals surface area (Å²) in [5, 5.41) is 0.787. The molecule has 0 aliphatic carbocycles. The Morgan fingerprint density at radius 2 is 2.14 bits per heavy atom. The number of para-hydroxylation sites is 1. The molecule has 0 amide bonds. The van der Waals surface area contributed by atoms with Crippen molar-refractivity contribution in [2.24, 2.45) is 0 Å². The zero-order valence-corrected chi connectivity index (χ0v) is 8.42. The van der Waals surface area contributed by atoms with Crippen LogP contribution in [0.15, 0.2) is 29.1 Å². The van der Waals surface area contributed by atoms with Gasteiger partial charge < -0.3 is 4.98 Å². The molecule has 1 aromatic carbocycles. The number of nitrogens with one attached hydrogen (secondary N) is 1. The van der Waals surface area contributed by atoms with Crippen molar-refractivity contribution < 1.29 is 0 Å². The Bertz CT molecular complexity index is 525. The summed E-state index contributed by atoms with van der Waals surface area (Å²) >= 11 is 0. The van der Waals surface area contributed by atoms with Crippen LogP contribution < -0.4 is 5.43 Å². The van der Waals surface area contributed by atoms with Gasteiger partial charge in [0.05, 0.1) is 5.52 Å². The van der Waals surface area contributed by atoms with Crippen molar-refractivity contribution in [1.82, 2.24) is 4.98 Å². The third-order valence-electron chi connectivity index (χ3n) is 2.47. The van der Waals surface area contributed by atoms with Gasteiger partial charge in [0.2, 0.25) is 0 Å². The summed E-state index contributed by atoms with van der Waals surface area (Å²) in [5.74, 6) is 0. The molecule has 0 bridgehead atoms. The fourth-order valence-electron chi connectivity index (χ4n) is 1.76. The van der Waals surface area contributed by atoms with Crippen LogP contribution in [0.1, 0.15) is 18.2 Å². The van der Waals surface area contributed by atoms with Crippen LogP contribution >= 0.6 is 0 Å². The summed E-state index contributed by atoms with van der Waals surface area (Å²) in [6, 6.07) is 7.50. The Morgan fingerprint density at radius 3 is 2.86 bits per heavy atom. The van der Waals surface area contributed by atoms with E-state index in [0.29, 0.717) is 0 Å². The Kier molecular flexibility index (Phi) is 2.12. The van der Waals surface area contributed by atoms with E-state index in [1.807, 2.05) is 19.1 Å². The lowest BCUT2D eigenvalue weighted by atomic mass is 10.1. The van der Waals surface area contributed by atoms with Gasteiger partial charge in [-0.25, -0.2) is 0 Å². The summed E-state index contributed by atoms with van der Waals surface area (Å²) in [6.07, 6.45) is 0.941. The number of hydrogen-bond donors (Lipinski definition) is 1. The number of H-pyrrole nitrogens is 1. The maximum Gasteiger partial charge on any atom is 0.189 e. The SMILES string of the molecule is CCc1cccc2c(=O)cc(C)[nH]c12. The van der Waals surface area contributed by atoms with Crippen LogP contribution in [0.2, 0.25) is 0 Å². The zero-order valence-electron chi connectivity index (χ0n) is 8.42. The largest absolute Gasteiger partial charge is 0.358 e. The van der Waals surface area contributed by atoms with E-state index < -0.39 is 0 Å². The average Bonchev–Trinajstić information content (AvgIpc) is 2.17. The quantitative estimate of drug-likeness (QED) is 0.730. The third-order valence-corrected chi connectivity index (χ3v) is 2.47. The lowest BCUT2D eigenvalue weighted by Gasteiger charge is -2.04. The minimum Gasteiger partial charge on any atom is -0.358 e. The monoisotopic (exact) mass is 187 g/mol. The zero-order chi connectivity index (χ0) is 10.1. The van der Waals surface area contributed by atoms with Crippen LogP contribution in [0.3, 0.4) is 0 Å². The predicted molar refractivity (Wildman–Crippen MR) is 58.7 cm³/mol. The highest BCUT2D eigenvalue weighted by atomic mass is 16.1. The average molecular weight is 187 g/mol. The number of fused-ring (bicyclic) bond motifs is 1. The number of rotatable bonds is 1. The summed E-state index contributed by atoms with van der Waals surface area (Å²) in [6.45, 7) is 4.00. The summed E-state index contributed by atoms with van der Waals surface area (Å²) in [4.78, 5) is 14.9. The molecule has 0 atom stereocenters. The molecule has 14 heavy (non-hydrogen) atoms. The fraction of sp³-hybridized carbons (Fsp3) is 0.250. The Labute approximate surface area is 82.6 Å². The Balaban J connectivity index is 2.94. The Hall–Kier alpha value is -1.57. The summed E-state index contributed by atoms with van der Waals surface area (Å²) < 4.78 is 0. The molecule has 72 valence electrons. The number of aryl methyl sites for hydroxylation is 2. The van der Waals surface area contributed by atoms with E-state index in [9.17, 15) is 4.79 Å². The topological polar surface area (TPSA) is 32.9 Å². The van der Waals surface area contributed by atoms with Gasteiger partial charge in [0.25, 0.3) is 0 Å². The molecule has 1 heterocycles. The molecular weight excluding hydrogens is 174 g/mol. The van der Waals surface area contributed by atoms with Gasteiger partial charge in [0.1, 0.15) is 0 Å². The van der Waals surface area contributed by atoms with Crippen LogP contribution in [-0.2, 0) is 6.42 Å². The van der Waals surface area contributed by atoms with Crippen LogP contribution in [-0.4, -0.2) is 4.98 Å². The van der Waals surface area contributed by atoms with Gasteiger partial charge >= 0.3 is 0 Å². The lowest BCUT2D eigenvalue weighted by Crippen LogP contribution is -2.04. The molecule has 2 nitrogen and oxygen atoms in total. The first-order chi connectivity index (χ1) is 6.72. The van der Waals surface area contributed by atoms with Gasteiger partial charge in [0, 0.05) is 17.1 Å². The number of benzene rings is 1. The summed E-state index contributed by atoms with van der Waals surface area (Å²) in [5.41, 5.74) is 3.21. The first kappa shape index (κ1) is 9.00. The van der Waals surface area contributed by atoms with Crippen LogP contribution in [0.5, 0.6) is 0 Å². The van der Waals surface area contributed by atoms with Crippen molar-refractivity contribution in [2.75, 3.05) is 0 Å². The molecule has 2 aromatic rings. The van der Waals surface area contributed by atoms with E-state index in [1.54, 1.807) is 6.07 Å². The highest BCUT2D eigenvalue weighted by Crippen LogP contribution is 2.14. The first-order valence-electron chi connectivity index (χ1n) is 4.84. The minimum atomic E-state index is 0.103. The van der Waals surface area contributed by atoms with Gasteiger partial charge in [-0.1, -0.05) is 19.1 Å². The first-order valence-corrected chi connectivity index (χ1v) is 4.84. The molecule has 1 aromatic heterocycles. The smallest absolute Gasteiger partial charge is 0.189 e. The standard InChI is InChI=1S/C12H13NO/c1-3-9-5-4-6-10-11(14)7-8(2)13-12(9)10/h4-7H,3H2,1-2H3,(H,13,14). The van der Waals surface area contributed by atoms with Crippen molar-refractivity contribution in [3.8, 4) is 0 Å². The highest BCUT2D eigenvalue weighted by Gasteiger charge is 2.02. The molecule has 2 heteroatoms. The molecule has 0 aliphatic heterocycles.